The predicted octanol–water partition coefficient (Wildman–Crippen LogP) is 1.37. The van der Waals surface area contributed by atoms with E-state index in [4.69, 9.17) is 16.3 Å². The van der Waals surface area contributed by atoms with Crippen molar-refractivity contribution in [2.75, 3.05) is 40.4 Å². The second-order valence-corrected chi connectivity index (χ2v) is 5.05. The fraction of sp³-hybridized carbons (Fsp3) is 0.571. The van der Waals surface area contributed by atoms with Crippen molar-refractivity contribution in [1.29, 1.82) is 0 Å². The molecule has 0 saturated carbocycles. The number of aliphatic hydroxyl groups excluding tert-OH is 1. The molecule has 1 aromatic carbocycles. The normalized spacial score (nSPS) is 12.9. The van der Waals surface area contributed by atoms with E-state index in [2.05, 4.69) is 10.2 Å². The molecule has 2 N–H and O–H groups in total. The van der Waals surface area contributed by atoms with Crippen LogP contribution in [0, 0.1) is 0 Å². The maximum absolute atomic E-state index is 9.89. The van der Waals surface area contributed by atoms with Crippen LogP contribution in [0.1, 0.15) is 5.56 Å². The molecule has 5 heteroatoms. The van der Waals surface area contributed by atoms with Crippen LogP contribution in [0.3, 0.4) is 0 Å². The third-order valence-electron chi connectivity index (χ3n) is 2.78. The van der Waals surface area contributed by atoms with Crippen LogP contribution in [0.15, 0.2) is 24.3 Å². The van der Waals surface area contributed by atoms with Gasteiger partial charge < -0.3 is 15.2 Å². The molecule has 0 fully saturated rings. The third kappa shape index (κ3) is 6.89. The Morgan fingerprint density at radius 1 is 1.42 bits per heavy atom. The summed E-state index contributed by atoms with van der Waals surface area (Å²) in [4.78, 5) is 2.06. The molecule has 0 aliphatic carbocycles. The van der Waals surface area contributed by atoms with Crippen molar-refractivity contribution in [1.82, 2.24) is 10.2 Å². The topological polar surface area (TPSA) is 44.7 Å². The number of aliphatic hydroxyl groups is 1. The molecule has 0 aliphatic rings. The number of nitrogens with zero attached hydrogens (tertiary/aromatic N) is 1. The Morgan fingerprint density at radius 3 is 2.84 bits per heavy atom. The number of likely N-dealkylation sites (N-methyl/N-ethyl adjacent to an activating group) is 1. The Bertz CT molecular complexity index is 363. The van der Waals surface area contributed by atoms with Crippen LogP contribution in [0.2, 0.25) is 5.02 Å². The van der Waals surface area contributed by atoms with Crippen molar-refractivity contribution in [3.63, 3.8) is 0 Å². The highest BCUT2D eigenvalue weighted by Gasteiger charge is 2.09. The van der Waals surface area contributed by atoms with Gasteiger partial charge in [0.05, 0.1) is 12.7 Å². The van der Waals surface area contributed by atoms with Gasteiger partial charge in [0, 0.05) is 38.3 Å². The molecule has 0 bridgehead atoms. The Balaban J connectivity index is 2.26. The van der Waals surface area contributed by atoms with Crippen LogP contribution >= 0.6 is 11.6 Å². The highest BCUT2D eigenvalue weighted by molar-refractivity contribution is 6.31. The van der Waals surface area contributed by atoms with Gasteiger partial charge in [-0.2, -0.15) is 0 Å². The maximum Gasteiger partial charge on any atom is 0.0791 e. The summed E-state index contributed by atoms with van der Waals surface area (Å²) in [7, 11) is 3.64. The Kier molecular flexibility index (Phi) is 8.02. The lowest BCUT2D eigenvalue weighted by molar-refractivity contribution is 0.117. The van der Waals surface area contributed by atoms with Crippen molar-refractivity contribution in [3.8, 4) is 0 Å². The first kappa shape index (κ1) is 16.4. The summed E-state index contributed by atoms with van der Waals surface area (Å²) >= 11 is 6.11. The van der Waals surface area contributed by atoms with Crippen LogP contribution in [0.5, 0.6) is 0 Å². The molecule has 0 amide bonds. The zero-order valence-corrected chi connectivity index (χ0v) is 12.4. The number of halogens is 1. The summed E-state index contributed by atoms with van der Waals surface area (Å²) in [6, 6.07) is 7.77. The minimum atomic E-state index is -0.399. The third-order valence-corrected chi connectivity index (χ3v) is 3.15. The van der Waals surface area contributed by atoms with Gasteiger partial charge in [0.25, 0.3) is 0 Å². The summed E-state index contributed by atoms with van der Waals surface area (Å²) in [5, 5.41) is 13.8. The van der Waals surface area contributed by atoms with Crippen molar-refractivity contribution in [2.24, 2.45) is 0 Å². The lowest BCUT2D eigenvalue weighted by Gasteiger charge is -2.21. The second-order valence-electron chi connectivity index (χ2n) is 4.64. The SMILES string of the molecule is COCCNCC(O)CN(C)Cc1ccccc1Cl. The van der Waals surface area contributed by atoms with Gasteiger partial charge in [-0.1, -0.05) is 29.8 Å². The Morgan fingerprint density at radius 2 is 2.16 bits per heavy atom. The minimum Gasteiger partial charge on any atom is -0.390 e. The first-order chi connectivity index (χ1) is 9.13. The van der Waals surface area contributed by atoms with Gasteiger partial charge >= 0.3 is 0 Å². The summed E-state index contributed by atoms with van der Waals surface area (Å²) < 4.78 is 4.93. The summed E-state index contributed by atoms with van der Waals surface area (Å²) in [6.45, 7) is 3.31. The largest absolute Gasteiger partial charge is 0.390 e. The molecule has 1 rings (SSSR count). The van der Waals surface area contributed by atoms with E-state index in [1.54, 1.807) is 7.11 Å². The number of nitrogens with one attached hydrogen (secondary N) is 1. The Hall–Kier alpha value is -0.650. The van der Waals surface area contributed by atoms with Gasteiger partial charge in [0.2, 0.25) is 0 Å². The van der Waals surface area contributed by atoms with Crippen molar-refractivity contribution >= 4 is 11.6 Å². The number of hydrogen-bond acceptors (Lipinski definition) is 4. The van der Waals surface area contributed by atoms with Crippen molar-refractivity contribution < 1.29 is 9.84 Å². The smallest absolute Gasteiger partial charge is 0.0791 e. The Labute approximate surface area is 120 Å². The van der Waals surface area contributed by atoms with Crippen LogP contribution in [-0.4, -0.2) is 56.5 Å². The quantitative estimate of drug-likeness (QED) is 0.673. The summed E-state index contributed by atoms with van der Waals surface area (Å²) in [5.41, 5.74) is 1.08. The van der Waals surface area contributed by atoms with Crippen LogP contribution in [-0.2, 0) is 11.3 Å². The first-order valence-electron chi connectivity index (χ1n) is 6.43. The molecule has 0 spiro atoms. The lowest BCUT2D eigenvalue weighted by Crippen LogP contribution is -2.37. The monoisotopic (exact) mass is 286 g/mol. The van der Waals surface area contributed by atoms with Gasteiger partial charge in [0.1, 0.15) is 0 Å². The van der Waals surface area contributed by atoms with E-state index >= 15 is 0 Å². The average Bonchev–Trinajstić information content (AvgIpc) is 2.37. The standard InChI is InChI=1S/C14H23ClN2O2/c1-17(10-12-5-3-4-6-14(12)15)11-13(18)9-16-7-8-19-2/h3-6,13,16,18H,7-11H2,1-2H3. The molecule has 4 nitrogen and oxygen atoms in total. The molecule has 108 valence electrons. The molecule has 1 aromatic rings. The molecule has 1 atom stereocenters. The van der Waals surface area contributed by atoms with E-state index in [0.717, 1.165) is 23.7 Å². The van der Waals surface area contributed by atoms with Crippen molar-refractivity contribution in [3.05, 3.63) is 34.9 Å². The van der Waals surface area contributed by atoms with E-state index in [1.807, 2.05) is 31.3 Å². The molecule has 0 aliphatic heterocycles. The summed E-state index contributed by atoms with van der Waals surface area (Å²) in [6.07, 6.45) is -0.399. The van der Waals surface area contributed by atoms with Crippen molar-refractivity contribution in [2.45, 2.75) is 12.6 Å². The van der Waals surface area contributed by atoms with Gasteiger partial charge in [0.15, 0.2) is 0 Å². The van der Waals surface area contributed by atoms with E-state index in [9.17, 15) is 5.11 Å². The van der Waals surface area contributed by atoms with Gasteiger partial charge in [-0.25, -0.2) is 0 Å². The number of rotatable bonds is 9. The molecule has 1 unspecified atom stereocenters. The van der Waals surface area contributed by atoms with Gasteiger partial charge in [-0.05, 0) is 18.7 Å². The maximum atomic E-state index is 9.89. The fourth-order valence-electron chi connectivity index (χ4n) is 1.85. The van der Waals surface area contributed by atoms with Gasteiger partial charge in [-0.15, -0.1) is 0 Å². The van der Waals surface area contributed by atoms with Crippen LogP contribution in [0.4, 0.5) is 0 Å². The van der Waals surface area contributed by atoms with Gasteiger partial charge in [-0.3, -0.25) is 4.90 Å². The number of ether oxygens (including phenoxy) is 1. The molecule has 0 aromatic heterocycles. The fourth-order valence-corrected chi connectivity index (χ4v) is 2.04. The molecule has 0 radical (unpaired) electrons. The molecule has 0 saturated heterocycles. The molecular formula is C14H23ClN2O2. The zero-order valence-electron chi connectivity index (χ0n) is 11.6. The number of hydrogen-bond donors (Lipinski definition) is 2. The predicted molar refractivity (Wildman–Crippen MR) is 78.5 cm³/mol. The minimum absolute atomic E-state index is 0.399. The number of benzene rings is 1. The van der Waals surface area contributed by atoms with E-state index < -0.39 is 6.10 Å². The zero-order chi connectivity index (χ0) is 14.1. The van der Waals surface area contributed by atoms with E-state index in [1.165, 1.54) is 0 Å². The van der Waals surface area contributed by atoms with E-state index in [0.29, 0.717) is 19.7 Å². The average molecular weight is 287 g/mol. The first-order valence-corrected chi connectivity index (χ1v) is 6.81. The van der Waals surface area contributed by atoms with Crippen LogP contribution < -0.4 is 5.32 Å². The summed E-state index contributed by atoms with van der Waals surface area (Å²) in [5.74, 6) is 0. The highest BCUT2D eigenvalue weighted by atomic mass is 35.5. The van der Waals surface area contributed by atoms with E-state index in [-0.39, 0.29) is 0 Å². The molecule has 19 heavy (non-hydrogen) atoms. The number of methoxy groups -OCH3 is 1. The molecular weight excluding hydrogens is 264 g/mol. The molecule has 0 heterocycles. The highest BCUT2D eigenvalue weighted by Crippen LogP contribution is 2.16. The lowest BCUT2D eigenvalue weighted by atomic mass is 10.2. The van der Waals surface area contributed by atoms with Crippen LogP contribution in [0.25, 0.3) is 0 Å². The second kappa shape index (κ2) is 9.28.